The molecule has 0 saturated carbocycles. The van der Waals surface area contributed by atoms with Crippen molar-refractivity contribution in [1.82, 2.24) is 0 Å². The van der Waals surface area contributed by atoms with Crippen molar-refractivity contribution in [3.63, 3.8) is 0 Å². The van der Waals surface area contributed by atoms with Gasteiger partial charge in [-0.15, -0.1) is 0 Å². The van der Waals surface area contributed by atoms with Crippen LogP contribution in [0.1, 0.15) is 16.7 Å². The molecule has 4 nitrogen and oxygen atoms in total. The summed E-state index contributed by atoms with van der Waals surface area (Å²) in [5.41, 5.74) is -0.140. The van der Waals surface area contributed by atoms with Crippen LogP contribution in [-0.4, -0.2) is 12.9 Å². The van der Waals surface area contributed by atoms with Gasteiger partial charge in [0, 0.05) is 6.42 Å². The van der Waals surface area contributed by atoms with Crippen molar-refractivity contribution in [1.29, 1.82) is 0 Å². The summed E-state index contributed by atoms with van der Waals surface area (Å²) < 4.78 is 56.7. The molecule has 1 atom stereocenters. The Balaban J connectivity index is 1.89. The molecular weight excluding hydrogens is 349 g/mol. The fourth-order valence-electron chi connectivity index (χ4n) is 3.65. The number of hydrogen-bond acceptors (Lipinski definition) is 4. The third-order valence-electron chi connectivity index (χ3n) is 4.82. The molecule has 1 unspecified atom stereocenters. The standard InChI is InChI=1S/C19H11F3O4/c20-19(21,22)11-2-1-3-12-17(11)18(23)16-10-7-15-14(24-8-25-15)6-9(10)4-5-13(16)26-12/h1-6,15H,7-8H2. The maximum absolute atomic E-state index is 13.4. The summed E-state index contributed by atoms with van der Waals surface area (Å²) in [5.74, 6) is 0.665. The van der Waals surface area contributed by atoms with Crippen LogP contribution >= 0.6 is 0 Å². The SMILES string of the molecule is O=c1c2c(C(F)(F)F)cccc2oc2ccc3c(c12)CC1OCOC1=C3. The summed E-state index contributed by atoms with van der Waals surface area (Å²) in [6.07, 6.45) is -2.87. The van der Waals surface area contributed by atoms with Crippen molar-refractivity contribution in [2.75, 3.05) is 6.79 Å². The van der Waals surface area contributed by atoms with Crippen LogP contribution in [0.4, 0.5) is 13.2 Å². The highest BCUT2D eigenvalue weighted by Gasteiger charge is 2.35. The second kappa shape index (κ2) is 5.11. The van der Waals surface area contributed by atoms with Crippen LogP contribution in [0.2, 0.25) is 0 Å². The molecule has 1 fully saturated rings. The average molecular weight is 360 g/mol. The summed E-state index contributed by atoms with van der Waals surface area (Å²) in [5, 5.41) is -0.281. The molecule has 3 aromatic rings. The van der Waals surface area contributed by atoms with Crippen molar-refractivity contribution in [2.45, 2.75) is 18.7 Å². The van der Waals surface area contributed by atoms with Gasteiger partial charge in [-0.05, 0) is 35.4 Å². The molecule has 1 aliphatic carbocycles. The molecule has 2 aliphatic rings. The van der Waals surface area contributed by atoms with Crippen molar-refractivity contribution < 1.29 is 27.1 Å². The van der Waals surface area contributed by atoms with Gasteiger partial charge in [0.25, 0.3) is 0 Å². The first-order chi connectivity index (χ1) is 12.4. The fraction of sp³-hybridized carbons (Fsp3) is 0.211. The van der Waals surface area contributed by atoms with Gasteiger partial charge in [0.05, 0.1) is 16.3 Å². The summed E-state index contributed by atoms with van der Waals surface area (Å²) >= 11 is 0. The summed E-state index contributed by atoms with van der Waals surface area (Å²) in [7, 11) is 0. The first-order valence-electron chi connectivity index (χ1n) is 7.98. The highest BCUT2D eigenvalue weighted by Crippen LogP contribution is 2.37. The number of hydrogen-bond donors (Lipinski definition) is 0. The van der Waals surface area contributed by atoms with Crippen molar-refractivity contribution in [3.05, 3.63) is 63.0 Å². The van der Waals surface area contributed by atoms with Gasteiger partial charge >= 0.3 is 6.18 Å². The molecule has 2 heterocycles. The minimum absolute atomic E-state index is 0.0789. The Labute approximate surface area is 144 Å². The van der Waals surface area contributed by atoms with Crippen LogP contribution in [0, 0.1) is 0 Å². The molecule has 1 saturated heterocycles. The maximum Gasteiger partial charge on any atom is 0.417 e. The van der Waals surface area contributed by atoms with E-state index in [1.165, 1.54) is 12.1 Å². The Hall–Kier alpha value is -2.80. The minimum Gasteiger partial charge on any atom is -0.469 e. The van der Waals surface area contributed by atoms with Crippen molar-refractivity contribution in [3.8, 4) is 0 Å². The largest absolute Gasteiger partial charge is 0.469 e. The van der Waals surface area contributed by atoms with Crippen LogP contribution < -0.4 is 5.43 Å². The number of alkyl halides is 3. The lowest BCUT2D eigenvalue weighted by Crippen LogP contribution is -2.19. The van der Waals surface area contributed by atoms with E-state index in [2.05, 4.69) is 0 Å². The lowest BCUT2D eigenvalue weighted by atomic mass is 9.90. The summed E-state index contributed by atoms with van der Waals surface area (Å²) in [6.45, 7) is 0.123. The molecular formula is C19H11F3O4. The Bertz CT molecular complexity index is 1160. The molecule has 0 spiro atoms. The van der Waals surface area contributed by atoms with E-state index >= 15 is 0 Å². The Morgan fingerprint density at radius 2 is 1.85 bits per heavy atom. The van der Waals surface area contributed by atoms with E-state index in [4.69, 9.17) is 13.9 Å². The van der Waals surface area contributed by atoms with E-state index in [1.54, 1.807) is 18.2 Å². The van der Waals surface area contributed by atoms with Gasteiger partial charge in [0.1, 0.15) is 23.0 Å². The van der Waals surface area contributed by atoms with E-state index in [1.807, 2.05) is 0 Å². The third-order valence-corrected chi connectivity index (χ3v) is 4.82. The van der Waals surface area contributed by atoms with Crippen molar-refractivity contribution in [2.24, 2.45) is 0 Å². The van der Waals surface area contributed by atoms with Crippen LogP contribution in [0.15, 0.2) is 45.3 Å². The normalized spacial score (nSPS) is 19.2. The maximum atomic E-state index is 13.4. The van der Waals surface area contributed by atoms with E-state index in [0.717, 1.165) is 11.6 Å². The zero-order valence-electron chi connectivity index (χ0n) is 13.2. The smallest absolute Gasteiger partial charge is 0.417 e. The van der Waals surface area contributed by atoms with Gasteiger partial charge in [-0.2, -0.15) is 13.2 Å². The van der Waals surface area contributed by atoms with Gasteiger partial charge in [-0.1, -0.05) is 12.1 Å². The highest BCUT2D eigenvalue weighted by atomic mass is 19.4. The van der Waals surface area contributed by atoms with E-state index in [9.17, 15) is 18.0 Å². The number of rotatable bonds is 0. The number of fused-ring (bicyclic) bond motifs is 5. The monoisotopic (exact) mass is 360 g/mol. The van der Waals surface area contributed by atoms with Gasteiger partial charge in [-0.25, -0.2) is 0 Å². The fourth-order valence-corrected chi connectivity index (χ4v) is 3.65. The van der Waals surface area contributed by atoms with E-state index < -0.39 is 22.6 Å². The molecule has 1 aromatic heterocycles. The molecule has 0 amide bonds. The summed E-state index contributed by atoms with van der Waals surface area (Å²) in [6, 6.07) is 6.87. The number of benzene rings is 2. The third kappa shape index (κ3) is 2.10. The minimum atomic E-state index is -4.65. The predicted molar refractivity (Wildman–Crippen MR) is 87.5 cm³/mol. The predicted octanol–water partition coefficient (Wildman–Crippen LogP) is 4.23. The van der Waals surface area contributed by atoms with E-state index in [-0.39, 0.29) is 29.4 Å². The van der Waals surface area contributed by atoms with Crippen LogP contribution in [0.25, 0.3) is 28.0 Å². The van der Waals surface area contributed by atoms with Gasteiger partial charge in [0.2, 0.25) is 5.43 Å². The second-order valence-electron chi connectivity index (χ2n) is 6.28. The Morgan fingerprint density at radius 1 is 1.04 bits per heavy atom. The van der Waals surface area contributed by atoms with Crippen LogP contribution in [0.3, 0.4) is 0 Å². The van der Waals surface area contributed by atoms with E-state index in [0.29, 0.717) is 17.7 Å². The molecule has 26 heavy (non-hydrogen) atoms. The van der Waals surface area contributed by atoms with Crippen molar-refractivity contribution >= 4 is 28.0 Å². The number of ether oxygens (including phenoxy) is 2. The lowest BCUT2D eigenvalue weighted by Gasteiger charge is -2.19. The topological polar surface area (TPSA) is 48.7 Å². The first-order valence-corrected chi connectivity index (χ1v) is 7.98. The zero-order chi connectivity index (χ0) is 18.1. The van der Waals surface area contributed by atoms with Gasteiger partial charge < -0.3 is 13.9 Å². The average Bonchev–Trinajstić information content (AvgIpc) is 3.05. The van der Waals surface area contributed by atoms with Crippen LogP contribution in [-0.2, 0) is 22.1 Å². The quantitative estimate of drug-likeness (QED) is 0.563. The molecule has 2 aromatic carbocycles. The second-order valence-corrected chi connectivity index (χ2v) is 6.28. The highest BCUT2D eigenvalue weighted by molar-refractivity contribution is 5.95. The summed E-state index contributed by atoms with van der Waals surface area (Å²) in [4.78, 5) is 13.1. The molecule has 7 heteroatoms. The zero-order valence-corrected chi connectivity index (χ0v) is 13.2. The molecule has 5 rings (SSSR count). The number of halogens is 3. The van der Waals surface area contributed by atoms with Gasteiger partial charge in [-0.3, -0.25) is 4.79 Å². The van der Waals surface area contributed by atoms with Crippen LogP contribution in [0.5, 0.6) is 0 Å². The lowest BCUT2D eigenvalue weighted by molar-refractivity contribution is -0.136. The Kier molecular flexibility index (Phi) is 3.04. The first kappa shape index (κ1) is 15.5. The molecule has 132 valence electrons. The molecule has 1 aliphatic heterocycles. The van der Waals surface area contributed by atoms with Gasteiger partial charge in [0.15, 0.2) is 6.79 Å². The molecule has 0 bridgehead atoms. The molecule has 0 radical (unpaired) electrons. The Morgan fingerprint density at radius 3 is 2.65 bits per heavy atom. The molecule has 0 N–H and O–H groups in total.